The third kappa shape index (κ3) is 14.6. The van der Waals surface area contributed by atoms with Crippen molar-refractivity contribution in [3.63, 3.8) is 0 Å². The van der Waals surface area contributed by atoms with Gasteiger partial charge >= 0.3 is 0 Å². The molecule has 8 rings (SSSR count). The minimum absolute atomic E-state index is 0.160. The minimum atomic E-state index is -0.829. The van der Waals surface area contributed by atoms with E-state index in [1.165, 1.54) is 0 Å². The van der Waals surface area contributed by atoms with Crippen LogP contribution in [0.5, 0.6) is 5.75 Å². The van der Waals surface area contributed by atoms with Crippen molar-refractivity contribution in [2.24, 2.45) is 5.41 Å². The van der Waals surface area contributed by atoms with Crippen LogP contribution in [0.1, 0.15) is 49.6 Å². The summed E-state index contributed by atoms with van der Waals surface area (Å²) in [4.78, 5) is 48.6. The molecular formula is C55H69N9O7S. The number of hydrogen-bond acceptors (Lipinski definition) is 15. The number of fused-ring (bicyclic) bond motifs is 7. The Morgan fingerprint density at radius 2 is 1.68 bits per heavy atom. The molecular weight excluding hydrogens is 931 g/mol. The number of carbonyl (C=O) groups excluding carboxylic acids is 2. The average Bonchev–Trinajstić information content (AvgIpc) is 4.00. The number of thiazole rings is 1. The molecule has 382 valence electrons. The van der Waals surface area contributed by atoms with Crippen LogP contribution in [-0.4, -0.2) is 144 Å². The zero-order valence-corrected chi connectivity index (χ0v) is 42.8. The van der Waals surface area contributed by atoms with Gasteiger partial charge in [0.1, 0.15) is 25.0 Å². The number of aromatic nitrogens is 3. The maximum absolute atomic E-state index is 14.2. The fraction of sp³-hybridized carbons (Fsp3) is 0.436. The van der Waals surface area contributed by atoms with Gasteiger partial charge in [0, 0.05) is 87.5 Å². The van der Waals surface area contributed by atoms with E-state index in [0.717, 1.165) is 88.2 Å². The number of ether oxygens (including phenoxy) is 4. The Morgan fingerprint density at radius 3 is 2.42 bits per heavy atom. The van der Waals surface area contributed by atoms with Gasteiger partial charge in [0.15, 0.2) is 0 Å². The highest BCUT2D eigenvalue weighted by atomic mass is 32.1. The quantitative estimate of drug-likeness (QED) is 0.0605. The van der Waals surface area contributed by atoms with Gasteiger partial charge in [-0.15, -0.1) is 11.3 Å². The highest BCUT2D eigenvalue weighted by molar-refractivity contribution is 7.13. The average molecular weight is 1000 g/mol. The van der Waals surface area contributed by atoms with Crippen LogP contribution in [0.4, 0.5) is 11.6 Å². The first-order valence-electron chi connectivity index (χ1n) is 24.8. The Bertz CT molecular complexity index is 2630. The number of amides is 2. The molecule has 0 spiro atoms. The summed E-state index contributed by atoms with van der Waals surface area (Å²) < 4.78 is 24.2. The lowest BCUT2D eigenvalue weighted by Gasteiger charge is -2.36. The van der Waals surface area contributed by atoms with E-state index >= 15 is 0 Å². The van der Waals surface area contributed by atoms with Crippen molar-refractivity contribution in [3.8, 4) is 27.4 Å². The highest BCUT2D eigenvalue weighted by Crippen LogP contribution is 2.31. The minimum Gasteiger partial charge on any atom is -0.492 e. The molecule has 6 bridgehead atoms. The lowest BCUT2D eigenvalue weighted by atomic mass is 9.85. The number of β-amino-alcohol motifs (C(OH)–C–C–N with tert-alkyl or cyclic N) is 1. The molecule has 2 saturated heterocycles. The molecule has 3 aliphatic heterocycles. The number of piperazine rings is 1. The van der Waals surface area contributed by atoms with Crippen molar-refractivity contribution in [2.45, 2.75) is 72.1 Å². The van der Waals surface area contributed by atoms with Crippen LogP contribution in [0.15, 0.2) is 109 Å². The molecule has 4 N–H and O–H groups in total. The van der Waals surface area contributed by atoms with E-state index < -0.39 is 23.6 Å². The number of benzene rings is 3. The summed E-state index contributed by atoms with van der Waals surface area (Å²) in [5.41, 5.74) is 9.73. The molecule has 0 radical (unpaired) electrons. The van der Waals surface area contributed by atoms with Gasteiger partial charge in [-0.2, -0.15) is 0 Å². The Labute approximate surface area is 427 Å². The Balaban J connectivity index is 0.755. The van der Waals surface area contributed by atoms with Crippen molar-refractivity contribution >= 4 is 34.8 Å². The summed E-state index contributed by atoms with van der Waals surface area (Å²) in [6.07, 6.45) is 5.36. The molecule has 2 amide bonds. The van der Waals surface area contributed by atoms with Gasteiger partial charge in [0.05, 0.1) is 67.0 Å². The zero-order valence-electron chi connectivity index (χ0n) is 42.0. The summed E-state index contributed by atoms with van der Waals surface area (Å²) in [5.74, 6) is 0.646. The van der Waals surface area contributed by atoms with Crippen molar-refractivity contribution in [2.75, 3.05) is 84.2 Å². The normalized spacial score (nSPS) is 18.8. The second-order valence-electron chi connectivity index (χ2n) is 19.6. The first kappa shape index (κ1) is 52.3. The van der Waals surface area contributed by atoms with Crippen molar-refractivity contribution in [1.82, 2.24) is 40.3 Å². The molecule has 5 aromatic rings. The number of anilines is 2. The fourth-order valence-corrected chi connectivity index (χ4v) is 9.84. The topological polar surface area (TPSA) is 176 Å². The van der Waals surface area contributed by atoms with Crippen molar-refractivity contribution < 1.29 is 33.6 Å². The number of carbonyl (C=O) groups is 2. The first-order valence-corrected chi connectivity index (χ1v) is 25.7. The third-order valence-corrected chi connectivity index (χ3v) is 14.1. The summed E-state index contributed by atoms with van der Waals surface area (Å²) in [5, 5.41) is 20.5. The number of likely N-dealkylation sites (tertiary alicyclic amines) is 1. The Kier molecular flexibility index (Phi) is 18.2. The molecule has 16 nitrogen and oxygen atoms in total. The van der Waals surface area contributed by atoms with Crippen LogP contribution in [0, 0.1) is 12.3 Å². The number of nitrogens with one attached hydrogen (secondary N) is 3. The molecule has 72 heavy (non-hydrogen) atoms. The number of aliphatic hydroxyl groups excluding tert-OH is 1. The maximum Gasteiger partial charge on any atom is 0.246 e. The monoisotopic (exact) mass is 1000 g/mol. The van der Waals surface area contributed by atoms with E-state index in [1.807, 2.05) is 87.8 Å². The fourth-order valence-electron chi connectivity index (χ4n) is 9.03. The predicted molar refractivity (Wildman–Crippen MR) is 281 cm³/mol. The second-order valence-corrected chi connectivity index (χ2v) is 20.5. The molecule has 2 aromatic heterocycles. The number of nitrogens with zero attached hydrogens (tertiary/aromatic N) is 6. The van der Waals surface area contributed by atoms with Gasteiger partial charge in [-0.1, -0.05) is 82.0 Å². The third-order valence-electron chi connectivity index (χ3n) is 13.1. The van der Waals surface area contributed by atoms with Gasteiger partial charge in [0.25, 0.3) is 0 Å². The zero-order chi connectivity index (χ0) is 50.5. The van der Waals surface area contributed by atoms with Crippen LogP contribution in [0.2, 0.25) is 0 Å². The number of aliphatic hydroxyl groups is 1. The van der Waals surface area contributed by atoms with Crippen LogP contribution in [-0.2, 0) is 43.6 Å². The Morgan fingerprint density at radius 1 is 0.931 bits per heavy atom. The summed E-state index contributed by atoms with van der Waals surface area (Å²) in [6.45, 7) is 20.2. The van der Waals surface area contributed by atoms with E-state index in [9.17, 15) is 14.7 Å². The van der Waals surface area contributed by atoms with Crippen molar-refractivity contribution in [3.05, 3.63) is 131 Å². The Hall–Kier alpha value is -6.05. The second kappa shape index (κ2) is 25.1. The molecule has 0 saturated carbocycles. The van der Waals surface area contributed by atoms with E-state index in [-0.39, 0.29) is 25.0 Å². The van der Waals surface area contributed by atoms with E-state index in [2.05, 4.69) is 72.6 Å². The standard InChI is InChI=1S/C55H69N9O7S/c1-38(57-32-40-11-13-42(14-12-40)51-39(2)58-37-72-51)48-31-46(65)33-64(48)53(67)52(55(3,4)5)61-50(66)36-70-27-23-62-19-21-63(22-20-62)24-28-71-49-16-15-45-30-44(49)35-69-26-7-6-25-68-34-41-9-8-10-43(29-41)47-17-18-56-54(59-45)60-47/h6-18,29-30,37,46,48,52,57,65H,1,19-28,31-36H2,2-5H3,(H,61,66)(H,56,59,60)/b7-6+/t46-,48+,52-/m1/s1. The van der Waals surface area contributed by atoms with Gasteiger partial charge in [-0.3, -0.25) is 19.4 Å². The summed E-state index contributed by atoms with van der Waals surface area (Å²) in [6, 6.07) is 23.1. The van der Waals surface area contributed by atoms with Gasteiger partial charge in [0.2, 0.25) is 17.8 Å². The maximum atomic E-state index is 14.2. The summed E-state index contributed by atoms with van der Waals surface area (Å²) in [7, 11) is 0. The van der Waals surface area contributed by atoms with E-state index in [0.29, 0.717) is 70.8 Å². The van der Waals surface area contributed by atoms with E-state index in [1.54, 1.807) is 22.4 Å². The largest absolute Gasteiger partial charge is 0.492 e. The number of hydrogen-bond donors (Lipinski definition) is 4. The summed E-state index contributed by atoms with van der Waals surface area (Å²) >= 11 is 1.62. The van der Waals surface area contributed by atoms with Gasteiger partial charge < -0.3 is 44.9 Å². The predicted octanol–water partition coefficient (Wildman–Crippen LogP) is 6.73. The molecule has 17 heteroatoms. The molecule has 0 aliphatic carbocycles. The number of aryl methyl sites for hydroxylation is 1. The molecule has 5 heterocycles. The van der Waals surface area contributed by atoms with Crippen molar-refractivity contribution in [1.29, 1.82) is 0 Å². The SMILES string of the molecule is C=C(NCc1ccc(-c2scnc2C)cc1)[C@@H]1C[C@@H](O)CN1C(=O)[C@@H](NC(=O)COCCN1CCN(CCOc2ccc3cc2COC/C=C/COCc2cccc(c2)-c2ccnc(n2)N3)CC1)C(C)(C)C. The van der Waals surface area contributed by atoms with Gasteiger partial charge in [-0.25, -0.2) is 15.0 Å². The van der Waals surface area contributed by atoms with Gasteiger partial charge in [-0.05, 0) is 59.4 Å². The van der Waals surface area contributed by atoms with Crippen LogP contribution >= 0.6 is 11.3 Å². The molecule has 3 atom stereocenters. The van der Waals surface area contributed by atoms with Crippen LogP contribution in [0.25, 0.3) is 21.7 Å². The molecule has 3 aliphatic rings. The van der Waals surface area contributed by atoms with Crippen LogP contribution in [0.3, 0.4) is 0 Å². The van der Waals surface area contributed by atoms with E-state index in [4.69, 9.17) is 23.9 Å². The van der Waals surface area contributed by atoms with Crippen LogP contribution < -0.4 is 20.7 Å². The number of rotatable bonds is 16. The lowest BCUT2D eigenvalue weighted by Crippen LogP contribution is -2.57. The lowest BCUT2D eigenvalue weighted by molar-refractivity contribution is -0.141. The first-order chi connectivity index (χ1) is 34.9. The smallest absolute Gasteiger partial charge is 0.246 e. The highest BCUT2D eigenvalue weighted by Gasteiger charge is 2.43. The molecule has 2 fully saturated rings. The molecule has 3 aromatic carbocycles. The molecule has 0 unspecified atom stereocenters.